The van der Waals surface area contributed by atoms with Crippen LogP contribution in [0.4, 0.5) is 5.69 Å². The van der Waals surface area contributed by atoms with Crippen molar-refractivity contribution in [1.29, 1.82) is 0 Å². The topological polar surface area (TPSA) is 71.8 Å². The van der Waals surface area contributed by atoms with Crippen LogP contribution in [0.3, 0.4) is 0 Å². The molecular weight excluding hydrogens is 266 g/mol. The number of nitrogens with one attached hydrogen (secondary N) is 2. The van der Waals surface area contributed by atoms with Gasteiger partial charge in [0, 0.05) is 12.6 Å². The number of hydrogen-bond acceptors (Lipinski definition) is 4. The van der Waals surface area contributed by atoms with Crippen LogP contribution in [0.2, 0.25) is 0 Å². The molecule has 110 valence electrons. The van der Waals surface area contributed by atoms with Gasteiger partial charge >= 0.3 is 0 Å². The summed E-state index contributed by atoms with van der Waals surface area (Å²) in [5.41, 5.74) is 1.64. The van der Waals surface area contributed by atoms with Crippen LogP contribution in [-0.2, 0) is 11.8 Å². The van der Waals surface area contributed by atoms with Gasteiger partial charge in [-0.15, -0.1) is 10.2 Å². The molecule has 0 spiro atoms. The fourth-order valence-electron chi connectivity index (χ4n) is 2.71. The van der Waals surface area contributed by atoms with E-state index in [2.05, 4.69) is 27.8 Å². The number of carbonyl (C=O) groups is 1. The van der Waals surface area contributed by atoms with Gasteiger partial charge < -0.3 is 15.2 Å². The van der Waals surface area contributed by atoms with Crippen LogP contribution in [0, 0.1) is 5.92 Å². The lowest BCUT2D eigenvalue weighted by Gasteiger charge is -2.17. The van der Waals surface area contributed by atoms with Gasteiger partial charge in [0.1, 0.15) is 6.33 Å². The molecule has 2 unspecified atom stereocenters. The van der Waals surface area contributed by atoms with Gasteiger partial charge in [-0.25, -0.2) is 0 Å². The molecule has 0 radical (unpaired) electrons. The zero-order valence-corrected chi connectivity index (χ0v) is 12.2. The number of amides is 1. The minimum Gasteiger partial charge on any atom is -0.324 e. The molecule has 1 amide bonds. The third kappa shape index (κ3) is 2.67. The minimum atomic E-state index is -0.127. The van der Waals surface area contributed by atoms with Gasteiger partial charge in [0.25, 0.3) is 0 Å². The first-order chi connectivity index (χ1) is 10.2. The fourth-order valence-corrected chi connectivity index (χ4v) is 2.71. The molecule has 0 saturated carbocycles. The first-order valence-corrected chi connectivity index (χ1v) is 7.14. The smallest absolute Gasteiger partial charge is 0.241 e. The summed E-state index contributed by atoms with van der Waals surface area (Å²) in [7, 11) is 1.88. The molecule has 1 aliphatic rings. The van der Waals surface area contributed by atoms with Crippen molar-refractivity contribution in [2.24, 2.45) is 13.0 Å². The number of hydrogen-bond donors (Lipinski definition) is 2. The number of aryl methyl sites for hydroxylation is 1. The number of carbonyl (C=O) groups excluding carboxylic acids is 1. The molecule has 1 fully saturated rings. The lowest BCUT2D eigenvalue weighted by Crippen LogP contribution is -2.39. The van der Waals surface area contributed by atoms with E-state index in [1.54, 1.807) is 6.33 Å². The van der Waals surface area contributed by atoms with Gasteiger partial charge in [0.2, 0.25) is 5.91 Å². The Hall–Kier alpha value is -2.21. The highest BCUT2D eigenvalue weighted by Crippen LogP contribution is 2.26. The summed E-state index contributed by atoms with van der Waals surface area (Å²) < 4.78 is 1.83. The van der Waals surface area contributed by atoms with Crippen LogP contribution in [-0.4, -0.2) is 33.3 Å². The van der Waals surface area contributed by atoms with E-state index >= 15 is 0 Å². The lowest BCUT2D eigenvalue weighted by atomic mass is 10.0. The second-order valence-corrected chi connectivity index (χ2v) is 5.50. The number of aromatic nitrogens is 3. The molecule has 6 nitrogen and oxygen atoms in total. The van der Waals surface area contributed by atoms with E-state index in [9.17, 15) is 4.79 Å². The zero-order valence-electron chi connectivity index (χ0n) is 12.2. The number of anilines is 1. The maximum absolute atomic E-state index is 12.4. The Kier molecular flexibility index (Phi) is 3.70. The van der Waals surface area contributed by atoms with Gasteiger partial charge in [-0.05, 0) is 31.0 Å². The summed E-state index contributed by atoms with van der Waals surface area (Å²) in [5.74, 6) is 1.10. The Morgan fingerprint density at radius 2 is 2.24 bits per heavy atom. The zero-order chi connectivity index (χ0) is 14.8. The number of nitrogens with zero attached hydrogens (tertiary/aromatic N) is 3. The molecule has 2 N–H and O–H groups in total. The Bertz CT molecular complexity index is 651. The number of rotatable bonds is 3. The van der Waals surface area contributed by atoms with Crippen LogP contribution < -0.4 is 10.6 Å². The standard InChI is InChI=1S/C15H19N5O/c1-10-7-8-16-13(10)15(21)18-12-6-4-3-5-11(12)14-19-17-9-20(14)2/h3-6,9-10,13,16H,7-8H2,1-2H3,(H,18,21). The van der Waals surface area contributed by atoms with E-state index < -0.39 is 0 Å². The summed E-state index contributed by atoms with van der Waals surface area (Å²) >= 11 is 0. The molecule has 3 rings (SSSR count). The highest BCUT2D eigenvalue weighted by Gasteiger charge is 2.29. The van der Waals surface area contributed by atoms with Crippen molar-refractivity contribution >= 4 is 11.6 Å². The average molecular weight is 285 g/mol. The Balaban J connectivity index is 1.86. The molecule has 2 atom stereocenters. The van der Waals surface area contributed by atoms with Gasteiger partial charge in [-0.3, -0.25) is 4.79 Å². The quantitative estimate of drug-likeness (QED) is 0.894. The number of benzene rings is 1. The van der Waals surface area contributed by atoms with E-state index in [1.807, 2.05) is 35.9 Å². The second-order valence-electron chi connectivity index (χ2n) is 5.50. The summed E-state index contributed by atoms with van der Waals surface area (Å²) in [4.78, 5) is 12.4. The molecule has 0 aliphatic carbocycles. The molecule has 1 saturated heterocycles. The van der Waals surface area contributed by atoms with Crippen LogP contribution in [0.25, 0.3) is 11.4 Å². The van der Waals surface area contributed by atoms with Crippen molar-refractivity contribution in [2.75, 3.05) is 11.9 Å². The Labute approximate surface area is 123 Å². The molecule has 2 heterocycles. The Morgan fingerprint density at radius 3 is 2.90 bits per heavy atom. The van der Waals surface area contributed by atoms with Gasteiger partial charge in [0.15, 0.2) is 5.82 Å². The van der Waals surface area contributed by atoms with Crippen molar-refractivity contribution in [1.82, 2.24) is 20.1 Å². The maximum Gasteiger partial charge on any atom is 0.241 e. The Morgan fingerprint density at radius 1 is 1.43 bits per heavy atom. The molecular formula is C15H19N5O. The van der Waals surface area contributed by atoms with Crippen LogP contribution >= 0.6 is 0 Å². The van der Waals surface area contributed by atoms with E-state index in [1.165, 1.54) is 0 Å². The molecule has 1 aliphatic heterocycles. The second kappa shape index (κ2) is 5.65. The maximum atomic E-state index is 12.4. The largest absolute Gasteiger partial charge is 0.324 e. The summed E-state index contributed by atoms with van der Waals surface area (Å²) in [6.07, 6.45) is 2.68. The van der Waals surface area contributed by atoms with Crippen LogP contribution in [0.15, 0.2) is 30.6 Å². The molecule has 1 aromatic carbocycles. The molecule has 2 aromatic rings. The van der Waals surface area contributed by atoms with Crippen molar-refractivity contribution in [3.8, 4) is 11.4 Å². The van der Waals surface area contributed by atoms with E-state index in [0.717, 1.165) is 30.0 Å². The predicted octanol–water partition coefficient (Wildman–Crippen LogP) is 1.42. The third-order valence-electron chi connectivity index (χ3n) is 3.95. The fraction of sp³-hybridized carbons (Fsp3) is 0.400. The minimum absolute atomic E-state index is 0.00891. The third-order valence-corrected chi connectivity index (χ3v) is 3.95. The molecule has 6 heteroatoms. The van der Waals surface area contributed by atoms with Gasteiger partial charge in [-0.2, -0.15) is 0 Å². The first kappa shape index (κ1) is 13.8. The molecule has 1 aromatic heterocycles. The number of para-hydroxylation sites is 1. The SMILES string of the molecule is CC1CCNC1C(=O)Nc1ccccc1-c1nncn1C. The van der Waals surface area contributed by atoms with Crippen LogP contribution in [0.5, 0.6) is 0 Å². The van der Waals surface area contributed by atoms with E-state index in [-0.39, 0.29) is 11.9 Å². The first-order valence-electron chi connectivity index (χ1n) is 7.14. The van der Waals surface area contributed by atoms with Crippen LogP contribution in [0.1, 0.15) is 13.3 Å². The highest BCUT2D eigenvalue weighted by atomic mass is 16.2. The van der Waals surface area contributed by atoms with Gasteiger partial charge in [-0.1, -0.05) is 19.1 Å². The predicted molar refractivity (Wildman–Crippen MR) is 80.6 cm³/mol. The summed E-state index contributed by atoms with van der Waals surface area (Å²) in [6.45, 7) is 2.99. The van der Waals surface area contributed by atoms with Crippen molar-refractivity contribution in [2.45, 2.75) is 19.4 Å². The lowest BCUT2D eigenvalue weighted by molar-refractivity contribution is -0.118. The van der Waals surface area contributed by atoms with E-state index in [0.29, 0.717) is 5.92 Å². The summed E-state index contributed by atoms with van der Waals surface area (Å²) in [6, 6.07) is 7.53. The van der Waals surface area contributed by atoms with E-state index in [4.69, 9.17) is 0 Å². The average Bonchev–Trinajstić information content (AvgIpc) is 3.08. The molecule has 0 bridgehead atoms. The van der Waals surface area contributed by atoms with Gasteiger partial charge in [0.05, 0.1) is 11.7 Å². The molecule has 21 heavy (non-hydrogen) atoms. The normalized spacial score (nSPS) is 21.4. The van der Waals surface area contributed by atoms with Crippen molar-refractivity contribution in [3.05, 3.63) is 30.6 Å². The monoisotopic (exact) mass is 285 g/mol. The van der Waals surface area contributed by atoms with Crippen molar-refractivity contribution in [3.63, 3.8) is 0 Å². The van der Waals surface area contributed by atoms with Crippen molar-refractivity contribution < 1.29 is 4.79 Å². The highest BCUT2D eigenvalue weighted by molar-refractivity contribution is 5.98. The summed E-state index contributed by atoms with van der Waals surface area (Å²) in [5, 5.41) is 14.3.